The van der Waals surface area contributed by atoms with Crippen LogP contribution in [0.5, 0.6) is 17.2 Å². The summed E-state index contributed by atoms with van der Waals surface area (Å²) in [5, 5.41) is 14.6. The van der Waals surface area contributed by atoms with Gasteiger partial charge in [0.2, 0.25) is 15.8 Å². The molecule has 0 aliphatic carbocycles. The third-order valence-corrected chi connectivity index (χ3v) is 6.61. The van der Waals surface area contributed by atoms with Crippen LogP contribution in [0.2, 0.25) is 0 Å². The normalized spacial score (nSPS) is 14.7. The molecule has 1 aliphatic rings. The zero-order valence-electron chi connectivity index (χ0n) is 17.3. The molecule has 168 valence electrons. The fourth-order valence-corrected chi connectivity index (χ4v) is 4.60. The van der Waals surface area contributed by atoms with Crippen molar-refractivity contribution in [1.29, 1.82) is 0 Å². The predicted octanol–water partition coefficient (Wildman–Crippen LogP) is 2.39. The Hall–Kier alpha value is -3.09. The maximum absolute atomic E-state index is 12.8. The van der Waals surface area contributed by atoms with Crippen LogP contribution in [-0.4, -0.2) is 65.3 Å². The summed E-state index contributed by atoms with van der Waals surface area (Å²) in [5.41, 5.74) is 0.157. The number of nitro benzene ring substituents is 1. The van der Waals surface area contributed by atoms with Crippen LogP contribution in [0.3, 0.4) is 0 Å². The molecule has 0 atom stereocenters. The van der Waals surface area contributed by atoms with E-state index < -0.39 is 14.9 Å². The molecule has 0 radical (unpaired) electrons. The van der Waals surface area contributed by atoms with E-state index in [1.807, 2.05) is 0 Å². The van der Waals surface area contributed by atoms with Gasteiger partial charge in [-0.15, -0.1) is 0 Å². The summed E-state index contributed by atoms with van der Waals surface area (Å²) in [5.74, 6) is 1.09. The van der Waals surface area contributed by atoms with E-state index in [1.54, 1.807) is 12.1 Å². The highest BCUT2D eigenvalue weighted by Crippen LogP contribution is 2.41. The number of hydrogen-bond acceptors (Lipinski definition) is 9. The van der Waals surface area contributed by atoms with Crippen LogP contribution < -0.4 is 19.5 Å². The molecule has 12 heteroatoms. The van der Waals surface area contributed by atoms with Crippen LogP contribution in [-0.2, 0) is 14.8 Å². The summed E-state index contributed by atoms with van der Waals surface area (Å²) < 4.78 is 48.0. The lowest BCUT2D eigenvalue weighted by Gasteiger charge is -2.26. The monoisotopic (exact) mass is 453 g/mol. The van der Waals surface area contributed by atoms with Gasteiger partial charge in [0.1, 0.15) is 5.69 Å². The number of benzene rings is 2. The number of morpholine rings is 1. The van der Waals surface area contributed by atoms with Gasteiger partial charge in [0, 0.05) is 37.0 Å². The van der Waals surface area contributed by atoms with E-state index >= 15 is 0 Å². The van der Waals surface area contributed by atoms with E-state index in [1.165, 1.54) is 37.8 Å². The third-order valence-electron chi connectivity index (χ3n) is 4.72. The number of hydrogen-bond donors (Lipinski definition) is 1. The molecule has 0 saturated carbocycles. The van der Waals surface area contributed by atoms with E-state index in [-0.39, 0.29) is 42.6 Å². The van der Waals surface area contributed by atoms with E-state index in [9.17, 15) is 18.5 Å². The van der Waals surface area contributed by atoms with Crippen LogP contribution in [0.1, 0.15) is 0 Å². The molecule has 2 aromatic carbocycles. The summed E-state index contributed by atoms with van der Waals surface area (Å²) in [4.78, 5) is 10.9. The van der Waals surface area contributed by atoms with Crippen LogP contribution >= 0.6 is 0 Å². The predicted molar refractivity (Wildman–Crippen MR) is 112 cm³/mol. The Kier molecular flexibility index (Phi) is 6.83. The number of nitrogens with one attached hydrogen (secondary N) is 1. The molecule has 1 aliphatic heterocycles. The van der Waals surface area contributed by atoms with Gasteiger partial charge < -0.3 is 24.3 Å². The van der Waals surface area contributed by atoms with Crippen molar-refractivity contribution in [3.8, 4) is 17.2 Å². The highest BCUT2D eigenvalue weighted by molar-refractivity contribution is 7.89. The van der Waals surface area contributed by atoms with Gasteiger partial charge in [-0.25, -0.2) is 8.42 Å². The van der Waals surface area contributed by atoms with Gasteiger partial charge in [-0.2, -0.15) is 4.31 Å². The summed E-state index contributed by atoms with van der Waals surface area (Å²) in [6.45, 7) is 0.952. The maximum atomic E-state index is 12.8. The van der Waals surface area contributed by atoms with Crippen LogP contribution in [0.15, 0.2) is 35.2 Å². The van der Waals surface area contributed by atoms with Crippen molar-refractivity contribution in [2.24, 2.45) is 0 Å². The minimum absolute atomic E-state index is 0.111. The molecule has 1 fully saturated rings. The average molecular weight is 453 g/mol. The van der Waals surface area contributed by atoms with Crippen molar-refractivity contribution >= 4 is 27.1 Å². The smallest absolute Gasteiger partial charge is 0.294 e. The van der Waals surface area contributed by atoms with Crippen LogP contribution in [0.25, 0.3) is 0 Å². The van der Waals surface area contributed by atoms with Gasteiger partial charge in [0.05, 0.1) is 44.4 Å². The van der Waals surface area contributed by atoms with Crippen LogP contribution in [0.4, 0.5) is 17.1 Å². The fraction of sp³-hybridized carbons (Fsp3) is 0.368. The second-order valence-corrected chi connectivity index (χ2v) is 8.43. The summed E-state index contributed by atoms with van der Waals surface area (Å²) in [6, 6.07) is 6.91. The molecule has 0 spiro atoms. The van der Waals surface area contributed by atoms with Crippen molar-refractivity contribution in [3.05, 3.63) is 40.4 Å². The third kappa shape index (κ3) is 4.65. The van der Waals surface area contributed by atoms with E-state index in [4.69, 9.17) is 18.9 Å². The minimum atomic E-state index is -3.87. The molecule has 3 rings (SSSR count). The Labute approximate surface area is 179 Å². The Morgan fingerprint density at radius 2 is 1.65 bits per heavy atom. The molecular formula is C19H23N3O8S. The zero-order chi connectivity index (χ0) is 22.6. The maximum Gasteiger partial charge on any atom is 0.294 e. The van der Waals surface area contributed by atoms with E-state index in [2.05, 4.69) is 5.32 Å². The second-order valence-electron chi connectivity index (χ2n) is 6.49. The number of rotatable bonds is 8. The van der Waals surface area contributed by atoms with E-state index in [0.29, 0.717) is 22.9 Å². The second kappa shape index (κ2) is 9.37. The molecular weight excluding hydrogens is 430 g/mol. The SMILES string of the molecule is COc1cc(Nc2ccc(S(=O)(=O)N3CCOCC3)cc2[N+](=O)[O-])cc(OC)c1OC. The van der Waals surface area contributed by atoms with Gasteiger partial charge in [-0.05, 0) is 12.1 Å². The summed E-state index contributed by atoms with van der Waals surface area (Å²) in [6.07, 6.45) is 0. The van der Waals surface area contributed by atoms with Gasteiger partial charge in [0.15, 0.2) is 11.5 Å². The molecule has 0 aromatic heterocycles. The Balaban J connectivity index is 1.98. The Morgan fingerprint density at radius 1 is 1.03 bits per heavy atom. The lowest BCUT2D eigenvalue weighted by Crippen LogP contribution is -2.40. The number of ether oxygens (including phenoxy) is 4. The molecule has 2 aromatic rings. The topological polar surface area (TPSA) is 129 Å². The summed E-state index contributed by atoms with van der Waals surface area (Å²) in [7, 11) is 0.497. The van der Waals surface area contributed by atoms with Crippen molar-refractivity contribution in [2.75, 3.05) is 52.9 Å². The van der Waals surface area contributed by atoms with Crippen molar-refractivity contribution in [2.45, 2.75) is 4.90 Å². The number of anilines is 2. The van der Waals surface area contributed by atoms with Crippen LogP contribution in [0, 0.1) is 10.1 Å². The molecule has 11 nitrogen and oxygen atoms in total. The molecule has 0 bridgehead atoms. The first-order valence-corrected chi connectivity index (χ1v) is 10.7. The molecule has 31 heavy (non-hydrogen) atoms. The largest absolute Gasteiger partial charge is 0.493 e. The average Bonchev–Trinajstić information content (AvgIpc) is 2.78. The minimum Gasteiger partial charge on any atom is -0.493 e. The fourth-order valence-electron chi connectivity index (χ4n) is 3.17. The van der Waals surface area contributed by atoms with Crippen molar-refractivity contribution in [3.63, 3.8) is 0 Å². The first-order valence-electron chi connectivity index (χ1n) is 9.25. The summed E-state index contributed by atoms with van der Waals surface area (Å²) >= 11 is 0. The molecule has 0 unspecified atom stereocenters. The lowest BCUT2D eigenvalue weighted by molar-refractivity contribution is -0.384. The number of nitro groups is 1. The Bertz CT molecular complexity index is 1040. The van der Waals surface area contributed by atoms with Crippen molar-refractivity contribution in [1.82, 2.24) is 4.31 Å². The van der Waals surface area contributed by atoms with Gasteiger partial charge >= 0.3 is 0 Å². The number of methoxy groups -OCH3 is 3. The standard InChI is InChI=1S/C19H23N3O8S/c1-27-17-10-13(11-18(28-2)19(17)29-3)20-15-5-4-14(12-16(15)22(23)24)31(25,26)21-6-8-30-9-7-21/h4-5,10-12,20H,6-9H2,1-3H3. The highest BCUT2D eigenvalue weighted by atomic mass is 32.2. The lowest BCUT2D eigenvalue weighted by atomic mass is 10.2. The highest BCUT2D eigenvalue weighted by Gasteiger charge is 2.29. The number of sulfonamides is 1. The Morgan fingerprint density at radius 3 is 2.16 bits per heavy atom. The first-order chi connectivity index (χ1) is 14.8. The molecule has 1 N–H and O–H groups in total. The van der Waals surface area contributed by atoms with Gasteiger partial charge in [-0.1, -0.05) is 0 Å². The van der Waals surface area contributed by atoms with Gasteiger partial charge in [0.25, 0.3) is 5.69 Å². The van der Waals surface area contributed by atoms with E-state index in [0.717, 1.165) is 6.07 Å². The zero-order valence-corrected chi connectivity index (χ0v) is 18.1. The quantitative estimate of drug-likeness (QED) is 0.473. The molecule has 0 amide bonds. The van der Waals surface area contributed by atoms with Gasteiger partial charge in [-0.3, -0.25) is 10.1 Å². The first kappa shape index (κ1) is 22.6. The van der Waals surface area contributed by atoms with Crippen molar-refractivity contribution < 1.29 is 32.3 Å². The number of nitrogens with zero attached hydrogens (tertiary/aromatic N) is 2. The molecule has 1 heterocycles. The molecule has 1 saturated heterocycles.